The molecule has 1 heterocycles. The average molecular weight is 169 g/mol. The Morgan fingerprint density at radius 2 is 2.50 bits per heavy atom. The molecule has 4 heteroatoms. The van der Waals surface area contributed by atoms with Crippen molar-refractivity contribution in [2.24, 2.45) is 0 Å². The highest BCUT2D eigenvalue weighted by atomic mass is 16.5. The van der Waals surface area contributed by atoms with Crippen LogP contribution < -0.4 is 5.73 Å². The van der Waals surface area contributed by atoms with Crippen LogP contribution >= 0.6 is 0 Å². The first-order chi connectivity index (χ1) is 5.83. The number of rotatable bonds is 5. The van der Waals surface area contributed by atoms with Crippen LogP contribution in [-0.4, -0.2) is 23.0 Å². The molecule has 0 bridgehead atoms. The molecule has 0 aliphatic carbocycles. The fourth-order valence-electron chi connectivity index (χ4n) is 0.975. The van der Waals surface area contributed by atoms with Gasteiger partial charge in [0.1, 0.15) is 0 Å². The Hall–Kier alpha value is -1.03. The van der Waals surface area contributed by atoms with Crippen molar-refractivity contribution in [3.8, 4) is 0 Å². The topological polar surface area (TPSA) is 53.1 Å². The van der Waals surface area contributed by atoms with Crippen LogP contribution in [0.1, 0.15) is 13.3 Å². The Labute approximate surface area is 72.3 Å². The molecule has 0 radical (unpaired) electrons. The van der Waals surface area contributed by atoms with Gasteiger partial charge in [-0.1, -0.05) is 0 Å². The van der Waals surface area contributed by atoms with E-state index in [-0.39, 0.29) is 0 Å². The summed E-state index contributed by atoms with van der Waals surface area (Å²) in [5, 5.41) is 4.05. The summed E-state index contributed by atoms with van der Waals surface area (Å²) < 4.78 is 7.02. The normalized spacial score (nSPS) is 10.4. The Morgan fingerprint density at radius 3 is 3.08 bits per heavy atom. The Kier molecular flexibility index (Phi) is 3.60. The third kappa shape index (κ3) is 2.92. The van der Waals surface area contributed by atoms with Gasteiger partial charge in [-0.15, -0.1) is 0 Å². The summed E-state index contributed by atoms with van der Waals surface area (Å²) in [6, 6.07) is 0. The molecule has 0 atom stereocenters. The second-order valence-corrected chi connectivity index (χ2v) is 2.59. The van der Waals surface area contributed by atoms with Crippen molar-refractivity contribution in [2.75, 3.05) is 18.9 Å². The van der Waals surface area contributed by atoms with Crippen LogP contribution in [0.25, 0.3) is 0 Å². The van der Waals surface area contributed by atoms with Crippen LogP contribution in [0.15, 0.2) is 12.4 Å². The summed E-state index contributed by atoms with van der Waals surface area (Å²) in [5.74, 6) is 0. The Balaban J connectivity index is 2.15. The molecule has 68 valence electrons. The maximum Gasteiger partial charge on any atom is 0.0719 e. The van der Waals surface area contributed by atoms with E-state index in [0.717, 1.165) is 26.2 Å². The number of anilines is 1. The zero-order chi connectivity index (χ0) is 8.81. The van der Waals surface area contributed by atoms with Crippen LogP contribution in [-0.2, 0) is 11.3 Å². The summed E-state index contributed by atoms with van der Waals surface area (Å²) in [7, 11) is 0. The van der Waals surface area contributed by atoms with Gasteiger partial charge in [0.2, 0.25) is 0 Å². The number of aromatic nitrogens is 2. The lowest BCUT2D eigenvalue weighted by Gasteiger charge is -2.00. The van der Waals surface area contributed by atoms with Crippen molar-refractivity contribution in [2.45, 2.75) is 19.9 Å². The molecule has 0 aliphatic heterocycles. The minimum atomic E-state index is 0.714. The minimum absolute atomic E-state index is 0.714. The van der Waals surface area contributed by atoms with E-state index in [1.165, 1.54) is 0 Å². The predicted octanol–water partition coefficient (Wildman–Crippen LogP) is 0.892. The molecule has 0 saturated carbocycles. The van der Waals surface area contributed by atoms with Crippen LogP contribution in [0.2, 0.25) is 0 Å². The second kappa shape index (κ2) is 4.77. The van der Waals surface area contributed by atoms with Gasteiger partial charge in [-0.2, -0.15) is 5.10 Å². The average Bonchev–Trinajstić information content (AvgIpc) is 2.45. The number of hydrogen-bond acceptors (Lipinski definition) is 3. The highest BCUT2D eigenvalue weighted by Gasteiger charge is 1.93. The molecule has 0 aromatic carbocycles. The third-order valence-electron chi connectivity index (χ3n) is 1.53. The molecule has 1 aromatic heterocycles. The summed E-state index contributed by atoms with van der Waals surface area (Å²) >= 11 is 0. The maximum absolute atomic E-state index is 5.49. The standard InChI is InChI=1S/C8H15N3O/c1-2-12-5-3-4-11-7-8(9)6-10-11/h6-7H,2-5,9H2,1H3. The van der Waals surface area contributed by atoms with Crippen LogP contribution in [0.5, 0.6) is 0 Å². The van der Waals surface area contributed by atoms with Crippen molar-refractivity contribution in [1.29, 1.82) is 0 Å². The van der Waals surface area contributed by atoms with E-state index in [1.807, 2.05) is 17.8 Å². The second-order valence-electron chi connectivity index (χ2n) is 2.59. The van der Waals surface area contributed by atoms with Crippen molar-refractivity contribution in [1.82, 2.24) is 9.78 Å². The van der Waals surface area contributed by atoms with Crippen molar-refractivity contribution in [3.63, 3.8) is 0 Å². The lowest BCUT2D eigenvalue weighted by molar-refractivity contribution is 0.141. The monoisotopic (exact) mass is 169 g/mol. The molecule has 0 spiro atoms. The van der Waals surface area contributed by atoms with Gasteiger partial charge >= 0.3 is 0 Å². The molecule has 0 unspecified atom stereocenters. The summed E-state index contributed by atoms with van der Waals surface area (Å²) in [4.78, 5) is 0. The molecule has 0 aliphatic rings. The van der Waals surface area contributed by atoms with Crippen molar-refractivity contribution >= 4 is 5.69 Å². The highest BCUT2D eigenvalue weighted by Crippen LogP contribution is 1.98. The van der Waals surface area contributed by atoms with Gasteiger partial charge in [-0.25, -0.2) is 0 Å². The first kappa shape index (κ1) is 9.06. The van der Waals surface area contributed by atoms with Gasteiger partial charge < -0.3 is 10.5 Å². The predicted molar refractivity (Wildman–Crippen MR) is 47.7 cm³/mol. The molecule has 0 fully saturated rings. The SMILES string of the molecule is CCOCCCn1cc(N)cn1. The number of hydrogen-bond donors (Lipinski definition) is 1. The van der Waals surface area contributed by atoms with E-state index >= 15 is 0 Å². The number of nitrogens with two attached hydrogens (primary N) is 1. The first-order valence-corrected chi connectivity index (χ1v) is 4.18. The largest absolute Gasteiger partial charge is 0.396 e. The lowest BCUT2D eigenvalue weighted by atomic mass is 10.4. The number of ether oxygens (including phenoxy) is 1. The highest BCUT2D eigenvalue weighted by molar-refractivity contribution is 5.30. The molecule has 1 aromatic rings. The van der Waals surface area contributed by atoms with Gasteiger partial charge in [0.25, 0.3) is 0 Å². The molecule has 2 N–H and O–H groups in total. The summed E-state index contributed by atoms with van der Waals surface area (Å²) in [6.45, 7) is 4.43. The first-order valence-electron chi connectivity index (χ1n) is 4.18. The molecule has 1 rings (SSSR count). The maximum atomic E-state index is 5.49. The smallest absolute Gasteiger partial charge is 0.0719 e. The molecule has 0 amide bonds. The van der Waals surface area contributed by atoms with Gasteiger partial charge in [0.15, 0.2) is 0 Å². The summed E-state index contributed by atoms with van der Waals surface area (Å²) in [5.41, 5.74) is 6.21. The summed E-state index contributed by atoms with van der Waals surface area (Å²) in [6.07, 6.45) is 4.46. The zero-order valence-corrected chi connectivity index (χ0v) is 7.36. The van der Waals surface area contributed by atoms with E-state index in [9.17, 15) is 0 Å². The quantitative estimate of drug-likeness (QED) is 0.666. The van der Waals surface area contributed by atoms with E-state index < -0.39 is 0 Å². The molecular formula is C8H15N3O. The Morgan fingerprint density at radius 1 is 1.67 bits per heavy atom. The van der Waals surface area contributed by atoms with Crippen LogP contribution in [0, 0.1) is 0 Å². The van der Waals surface area contributed by atoms with Crippen LogP contribution in [0.3, 0.4) is 0 Å². The van der Waals surface area contributed by atoms with Gasteiger partial charge in [-0.3, -0.25) is 4.68 Å². The molecule has 12 heavy (non-hydrogen) atoms. The number of aryl methyl sites for hydroxylation is 1. The molecule has 0 saturated heterocycles. The van der Waals surface area contributed by atoms with Crippen molar-refractivity contribution in [3.05, 3.63) is 12.4 Å². The Bertz CT molecular complexity index is 222. The third-order valence-corrected chi connectivity index (χ3v) is 1.53. The molecule has 4 nitrogen and oxygen atoms in total. The van der Waals surface area contributed by atoms with E-state index in [4.69, 9.17) is 10.5 Å². The fraction of sp³-hybridized carbons (Fsp3) is 0.625. The van der Waals surface area contributed by atoms with E-state index in [1.54, 1.807) is 6.20 Å². The van der Waals surface area contributed by atoms with E-state index in [2.05, 4.69) is 5.10 Å². The fourth-order valence-corrected chi connectivity index (χ4v) is 0.975. The van der Waals surface area contributed by atoms with Gasteiger partial charge in [-0.05, 0) is 13.3 Å². The molecular weight excluding hydrogens is 154 g/mol. The van der Waals surface area contributed by atoms with Crippen LogP contribution in [0.4, 0.5) is 5.69 Å². The lowest BCUT2D eigenvalue weighted by Crippen LogP contribution is -2.02. The zero-order valence-electron chi connectivity index (χ0n) is 7.36. The van der Waals surface area contributed by atoms with Gasteiger partial charge in [0, 0.05) is 26.0 Å². The number of nitrogens with zero attached hydrogens (tertiary/aromatic N) is 2. The van der Waals surface area contributed by atoms with E-state index in [0.29, 0.717) is 5.69 Å². The van der Waals surface area contributed by atoms with Crippen molar-refractivity contribution < 1.29 is 4.74 Å². The minimum Gasteiger partial charge on any atom is -0.396 e. The number of nitrogen functional groups attached to an aromatic ring is 1. The van der Waals surface area contributed by atoms with Gasteiger partial charge in [0.05, 0.1) is 11.9 Å².